The zero-order valence-corrected chi connectivity index (χ0v) is 11.6. The summed E-state index contributed by atoms with van der Waals surface area (Å²) in [5.41, 5.74) is 6.82. The van der Waals surface area contributed by atoms with Gasteiger partial charge in [0.15, 0.2) is 0 Å². The van der Waals surface area contributed by atoms with E-state index in [0.717, 1.165) is 11.6 Å². The van der Waals surface area contributed by atoms with Crippen LogP contribution in [0.4, 0.5) is 4.79 Å². The smallest absolute Gasteiger partial charge is 0.328 e. The van der Waals surface area contributed by atoms with Gasteiger partial charge in [-0.3, -0.25) is 4.79 Å². The minimum atomic E-state index is -1.05. The lowest BCUT2D eigenvalue weighted by molar-refractivity contribution is -0.131. The highest BCUT2D eigenvalue weighted by Gasteiger charge is 2.07. The third kappa shape index (κ3) is 5.77. The van der Waals surface area contributed by atoms with Gasteiger partial charge in [0.05, 0.1) is 0 Å². The van der Waals surface area contributed by atoms with Crippen molar-refractivity contribution in [2.75, 3.05) is 13.1 Å². The Hall–Kier alpha value is -2.83. The van der Waals surface area contributed by atoms with Crippen LogP contribution in [-0.2, 0) is 4.79 Å². The molecule has 1 aromatic carbocycles. The lowest BCUT2D eigenvalue weighted by atomic mass is 10.0. The number of urea groups is 1. The molecule has 112 valence electrons. The first-order valence-corrected chi connectivity index (χ1v) is 6.23. The van der Waals surface area contributed by atoms with Crippen LogP contribution in [0.3, 0.4) is 0 Å². The number of nitrogens with two attached hydrogens (primary N) is 1. The second-order valence-corrected chi connectivity index (χ2v) is 4.29. The Morgan fingerprint density at radius 1 is 1.24 bits per heavy atom. The van der Waals surface area contributed by atoms with Crippen LogP contribution in [0.15, 0.2) is 24.3 Å². The average Bonchev–Trinajstić information content (AvgIpc) is 2.42. The van der Waals surface area contributed by atoms with Gasteiger partial charge in [-0.1, -0.05) is 6.07 Å². The van der Waals surface area contributed by atoms with E-state index in [4.69, 9.17) is 10.8 Å². The molecule has 0 atom stereocenters. The predicted molar refractivity (Wildman–Crippen MR) is 77.8 cm³/mol. The quantitative estimate of drug-likeness (QED) is 0.450. The summed E-state index contributed by atoms with van der Waals surface area (Å²) >= 11 is 0. The van der Waals surface area contributed by atoms with E-state index in [1.54, 1.807) is 18.2 Å². The van der Waals surface area contributed by atoms with Gasteiger partial charge < -0.3 is 21.5 Å². The first-order valence-electron chi connectivity index (χ1n) is 6.23. The summed E-state index contributed by atoms with van der Waals surface area (Å²) in [6.45, 7) is 2.30. The Bertz CT molecular complexity index is 582. The third-order valence-electron chi connectivity index (χ3n) is 2.66. The fourth-order valence-electron chi connectivity index (χ4n) is 1.59. The second-order valence-electron chi connectivity index (χ2n) is 4.29. The molecule has 0 unspecified atom stereocenters. The highest BCUT2D eigenvalue weighted by molar-refractivity contribution is 5.95. The molecule has 0 aliphatic rings. The molecule has 1 aromatic rings. The van der Waals surface area contributed by atoms with Crippen molar-refractivity contribution in [1.82, 2.24) is 10.6 Å². The fraction of sp³-hybridized carbons (Fsp3) is 0.214. The molecule has 0 fully saturated rings. The van der Waals surface area contributed by atoms with Crippen molar-refractivity contribution < 1.29 is 19.5 Å². The zero-order valence-electron chi connectivity index (χ0n) is 11.6. The zero-order chi connectivity index (χ0) is 15.8. The maximum Gasteiger partial charge on any atom is 0.328 e. The number of aryl methyl sites for hydroxylation is 1. The predicted octanol–water partition coefficient (Wildman–Crippen LogP) is 0.491. The highest BCUT2D eigenvalue weighted by Crippen LogP contribution is 2.13. The van der Waals surface area contributed by atoms with Gasteiger partial charge in [-0.25, -0.2) is 9.59 Å². The van der Waals surface area contributed by atoms with Gasteiger partial charge in [0.2, 0.25) is 0 Å². The number of carbonyl (C=O) groups excluding carboxylic acids is 2. The number of primary amides is 1. The Morgan fingerprint density at radius 2 is 1.90 bits per heavy atom. The minimum Gasteiger partial charge on any atom is -0.478 e. The van der Waals surface area contributed by atoms with E-state index in [1.807, 2.05) is 6.92 Å². The summed E-state index contributed by atoms with van der Waals surface area (Å²) < 4.78 is 0. The van der Waals surface area contributed by atoms with Crippen LogP contribution in [0.25, 0.3) is 6.08 Å². The van der Waals surface area contributed by atoms with E-state index >= 15 is 0 Å². The van der Waals surface area contributed by atoms with E-state index in [-0.39, 0.29) is 19.0 Å². The number of hydrogen-bond donors (Lipinski definition) is 4. The van der Waals surface area contributed by atoms with Crippen LogP contribution in [-0.4, -0.2) is 36.1 Å². The van der Waals surface area contributed by atoms with E-state index in [0.29, 0.717) is 11.1 Å². The van der Waals surface area contributed by atoms with Crippen LogP contribution in [0.5, 0.6) is 0 Å². The van der Waals surface area contributed by atoms with Crippen molar-refractivity contribution in [3.8, 4) is 0 Å². The Balaban J connectivity index is 2.70. The fourth-order valence-corrected chi connectivity index (χ4v) is 1.59. The summed E-state index contributed by atoms with van der Waals surface area (Å²) in [6, 6.07) is 4.33. The van der Waals surface area contributed by atoms with Crippen LogP contribution in [0.2, 0.25) is 0 Å². The SMILES string of the molecule is Cc1ccc(C(=O)NCCNC(N)=O)cc1/C=C/C(=O)O. The molecule has 0 bridgehead atoms. The van der Waals surface area contributed by atoms with Crippen molar-refractivity contribution in [2.45, 2.75) is 6.92 Å². The lowest BCUT2D eigenvalue weighted by Crippen LogP contribution is -2.37. The van der Waals surface area contributed by atoms with Crippen LogP contribution >= 0.6 is 0 Å². The van der Waals surface area contributed by atoms with E-state index in [2.05, 4.69) is 10.6 Å². The number of carbonyl (C=O) groups is 3. The molecule has 0 spiro atoms. The first-order chi connectivity index (χ1) is 9.90. The van der Waals surface area contributed by atoms with Crippen LogP contribution in [0, 0.1) is 6.92 Å². The van der Waals surface area contributed by atoms with Gasteiger partial charge >= 0.3 is 12.0 Å². The van der Waals surface area contributed by atoms with Gasteiger partial charge in [-0.15, -0.1) is 0 Å². The summed E-state index contributed by atoms with van der Waals surface area (Å²) in [4.78, 5) is 32.9. The third-order valence-corrected chi connectivity index (χ3v) is 2.66. The number of nitrogens with one attached hydrogen (secondary N) is 2. The molecule has 0 saturated heterocycles. The largest absolute Gasteiger partial charge is 0.478 e. The molecule has 5 N–H and O–H groups in total. The Kier molecular flexibility index (Phi) is 5.94. The summed E-state index contributed by atoms with van der Waals surface area (Å²) in [6.07, 6.45) is 2.45. The topological polar surface area (TPSA) is 122 Å². The van der Waals surface area contributed by atoms with Crippen LogP contribution in [0.1, 0.15) is 21.5 Å². The number of benzene rings is 1. The monoisotopic (exact) mass is 291 g/mol. The number of amides is 3. The van der Waals surface area contributed by atoms with E-state index in [9.17, 15) is 14.4 Å². The maximum absolute atomic E-state index is 11.9. The van der Waals surface area contributed by atoms with Gasteiger partial charge in [0.1, 0.15) is 0 Å². The number of carboxylic acid groups (broad SMARTS) is 1. The number of hydrogen-bond acceptors (Lipinski definition) is 3. The van der Waals surface area contributed by atoms with Gasteiger partial charge in [0.25, 0.3) is 5.91 Å². The average molecular weight is 291 g/mol. The molecule has 7 nitrogen and oxygen atoms in total. The number of rotatable bonds is 6. The van der Waals surface area contributed by atoms with Crippen molar-refractivity contribution in [2.24, 2.45) is 5.73 Å². The van der Waals surface area contributed by atoms with Crippen molar-refractivity contribution in [3.63, 3.8) is 0 Å². The molecule has 3 amide bonds. The molecule has 0 aliphatic carbocycles. The van der Waals surface area contributed by atoms with Gasteiger partial charge in [0, 0.05) is 24.7 Å². The van der Waals surface area contributed by atoms with E-state index < -0.39 is 12.0 Å². The molecule has 0 radical (unpaired) electrons. The molecule has 0 saturated carbocycles. The molecule has 1 rings (SSSR count). The van der Waals surface area contributed by atoms with Gasteiger partial charge in [-0.05, 0) is 36.3 Å². The van der Waals surface area contributed by atoms with Gasteiger partial charge in [-0.2, -0.15) is 0 Å². The van der Waals surface area contributed by atoms with Crippen molar-refractivity contribution in [1.29, 1.82) is 0 Å². The molecule has 0 aliphatic heterocycles. The lowest BCUT2D eigenvalue weighted by Gasteiger charge is -2.07. The van der Waals surface area contributed by atoms with Crippen LogP contribution < -0.4 is 16.4 Å². The molecular formula is C14H17N3O4. The minimum absolute atomic E-state index is 0.235. The Labute approximate surface area is 121 Å². The molecule has 0 heterocycles. The molecular weight excluding hydrogens is 274 g/mol. The van der Waals surface area contributed by atoms with E-state index in [1.165, 1.54) is 6.08 Å². The standard InChI is InChI=1S/C14H17N3O4/c1-9-2-3-11(8-10(9)4-5-12(18)19)13(20)16-6-7-17-14(15)21/h2-5,8H,6-7H2,1H3,(H,16,20)(H,18,19)(H3,15,17,21)/b5-4+. The summed E-state index contributed by atoms with van der Waals surface area (Å²) in [5.74, 6) is -1.37. The van der Waals surface area contributed by atoms with Crippen molar-refractivity contribution >= 4 is 24.0 Å². The Morgan fingerprint density at radius 3 is 2.52 bits per heavy atom. The first kappa shape index (κ1) is 16.2. The summed E-state index contributed by atoms with van der Waals surface area (Å²) in [5, 5.41) is 13.6. The highest BCUT2D eigenvalue weighted by atomic mass is 16.4. The number of aliphatic carboxylic acids is 1. The molecule has 21 heavy (non-hydrogen) atoms. The maximum atomic E-state index is 11.9. The molecule has 7 heteroatoms. The number of carboxylic acids is 1. The normalized spacial score (nSPS) is 10.3. The van der Waals surface area contributed by atoms with Crippen molar-refractivity contribution in [3.05, 3.63) is 41.0 Å². The second kappa shape index (κ2) is 7.68. The summed E-state index contributed by atoms with van der Waals surface area (Å²) in [7, 11) is 0. The molecule has 0 aromatic heterocycles.